The summed E-state index contributed by atoms with van der Waals surface area (Å²) in [7, 11) is 3.94. The molecule has 1 atom stereocenters. The average molecular weight is 266 g/mol. The van der Waals surface area contributed by atoms with Crippen molar-refractivity contribution in [3.63, 3.8) is 0 Å². The highest BCUT2D eigenvalue weighted by Gasteiger charge is 2.31. The number of nitrogens with zero attached hydrogens (tertiary/aromatic N) is 2. The standard InChI is InChI=1S/C14H22N2OS/c1-11(12-6-7-12)15(2)10-14(17)16(3)9-13-5-4-8-18-13/h4-5,8,11-12H,6-7,9-10H2,1-3H3. The van der Waals surface area contributed by atoms with Crippen LogP contribution in [0, 0.1) is 5.92 Å². The zero-order valence-corrected chi connectivity index (χ0v) is 12.2. The predicted octanol–water partition coefficient (Wildman–Crippen LogP) is 2.44. The van der Waals surface area contributed by atoms with Gasteiger partial charge >= 0.3 is 0 Å². The van der Waals surface area contributed by atoms with E-state index in [9.17, 15) is 4.79 Å². The van der Waals surface area contributed by atoms with Crippen LogP contribution in [0.1, 0.15) is 24.6 Å². The first-order valence-corrected chi connectivity index (χ1v) is 7.42. The molecular formula is C14H22N2OS. The molecule has 100 valence electrons. The molecule has 1 unspecified atom stereocenters. The number of likely N-dealkylation sites (N-methyl/N-ethyl adjacent to an activating group) is 2. The molecule has 1 fully saturated rings. The average Bonchev–Trinajstić information content (AvgIpc) is 3.07. The minimum absolute atomic E-state index is 0.207. The van der Waals surface area contributed by atoms with Crippen LogP contribution in [0.5, 0.6) is 0 Å². The summed E-state index contributed by atoms with van der Waals surface area (Å²) in [6.07, 6.45) is 2.65. The smallest absolute Gasteiger partial charge is 0.236 e. The quantitative estimate of drug-likeness (QED) is 0.789. The molecule has 0 aliphatic heterocycles. The highest BCUT2D eigenvalue weighted by molar-refractivity contribution is 7.09. The third-order valence-electron chi connectivity index (χ3n) is 3.78. The SMILES string of the molecule is CC(C1CC1)N(C)CC(=O)N(C)Cc1cccs1. The second-order valence-electron chi connectivity index (χ2n) is 5.32. The largest absolute Gasteiger partial charge is 0.340 e. The molecular weight excluding hydrogens is 244 g/mol. The van der Waals surface area contributed by atoms with E-state index in [4.69, 9.17) is 0 Å². The van der Waals surface area contributed by atoms with Gasteiger partial charge in [0.25, 0.3) is 0 Å². The fourth-order valence-electron chi connectivity index (χ4n) is 2.14. The van der Waals surface area contributed by atoms with Crippen molar-refractivity contribution in [1.82, 2.24) is 9.80 Å². The molecule has 1 aromatic rings. The summed E-state index contributed by atoms with van der Waals surface area (Å²) in [6.45, 7) is 3.48. The van der Waals surface area contributed by atoms with Gasteiger partial charge < -0.3 is 4.90 Å². The predicted molar refractivity (Wildman–Crippen MR) is 75.6 cm³/mol. The van der Waals surface area contributed by atoms with Crippen molar-refractivity contribution in [3.8, 4) is 0 Å². The van der Waals surface area contributed by atoms with E-state index in [1.54, 1.807) is 11.3 Å². The zero-order valence-electron chi connectivity index (χ0n) is 11.4. The third-order valence-corrected chi connectivity index (χ3v) is 4.64. The maximum absolute atomic E-state index is 12.1. The second-order valence-corrected chi connectivity index (χ2v) is 6.35. The van der Waals surface area contributed by atoms with Gasteiger partial charge in [-0.1, -0.05) is 6.07 Å². The van der Waals surface area contributed by atoms with Crippen molar-refractivity contribution in [3.05, 3.63) is 22.4 Å². The topological polar surface area (TPSA) is 23.6 Å². The highest BCUT2D eigenvalue weighted by atomic mass is 32.1. The van der Waals surface area contributed by atoms with Crippen LogP contribution in [0.2, 0.25) is 0 Å². The van der Waals surface area contributed by atoms with E-state index in [0.29, 0.717) is 12.6 Å². The Morgan fingerprint density at radius 1 is 1.50 bits per heavy atom. The molecule has 1 amide bonds. The van der Waals surface area contributed by atoms with Gasteiger partial charge in [0.2, 0.25) is 5.91 Å². The molecule has 1 aromatic heterocycles. The van der Waals surface area contributed by atoms with Crippen molar-refractivity contribution >= 4 is 17.2 Å². The summed E-state index contributed by atoms with van der Waals surface area (Å²) in [5.41, 5.74) is 0. The van der Waals surface area contributed by atoms with Gasteiger partial charge in [0.05, 0.1) is 13.1 Å². The van der Waals surface area contributed by atoms with E-state index in [1.165, 1.54) is 17.7 Å². The summed E-state index contributed by atoms with van der Waals surface area (Å²) in [5, 5.41) is 2.05. The van der Waals surface area contributed by atoms with Gasteiger partial charge in [-0.15, -0.1) is 11.3 Å². The van der Waals surface area contributed by atoms with E-state index >= 15 is 0 Å². The first-order chi connectivity index (χ1) is 8.58. The minimum atomic E-state index is 0.207. The first kappa shape index (κ1) is 13.6. The Bertz CT molecular complexity index is 387. The summed E-state index contributed by atoms with van der Waals surface area (Å²) in [5.74, 6) is 1.02. The van der Waals surface area contributed by atoms with Crippen LogP contribution in [-0.2, 0) is 11.3 Å². The first-order valence-electron chi connectivity index (χ1n) is 6.54. The number of rotatable bonds is 6. The Hall–Kier alpha value is -0.870. The van der Waals surface area contributed by atoms with Gasteiger partial charge in [-0.3, -0.25) is 9.69 Å². The van der Waals surface area contributed by atoms with Crippen LogP contribution in [0.4, 0.5) is 0 Å². The molecule has 1 heterocycles. The Morgan fingerprint density at radius 2 is 2.22 bits per heavy atom. The molecule has 0 saturated heterocycles. The van der Waals surface area contributed by atoms with Gasteiger partial charge in [-0.25, -0.2) is 0 Å². The van der Waals surface area contributed by atoms with Crippen LogP contribution < -0.4 is 0 Å². The molecule has 2 rings (SSSR count). The molecule has 0 bridgehead atoms. The molecule has 18 heavy (non-hydrogen) atoms. The lowest BCUT2D eigenvalue weighted by molar-refractivity contribution is -0.131. The minimum Gasteiger partial charge on any atom is -0.340 e. The molecule has 0 aromatic carbocycles. The van der Waals surface area contributed by atoms with Gasteiger partial charge in [0.1, 0.15) is 0 Å². The Labute approximate surface area is 113 Å². The lowest BCUT2D eigenvalue weighted by Gasteiger charge is -2.26. The molecule has 0 radical (unpaired) electrons. The maximum Gasteiger partial charge on any atom is 0.236 e. The van der Waals surface area contributed by atoms with Crippen LogP contribution in [0.25, 0.3) is 0 Å². The van der Waals surface area contributed by atoms with Gasteiger partial charge in [-0.05, 0) is 44.2 Å². The van der Waals surface area contributed by atoms with Crippen molar-refractivity contribution in [1.29, 1.82) is 0 Å². The van der Waals surface area contributed by atoms with Crippen molar-refractivity contribution in [2.24, 2.45) is 5.92 Å². The van der Waals surface area contributed by atoms with Crippen molar-refractivity contribution in [2.75, 3.05) is 20.6 Å². The number of carbonyl (C=O) groups is 1. The van der Waals surface area contributed by atoms with Gasteiger partial charge in [0, 0.05) is 18.0 Å². The Kier molecular flexibility index (Phi) is 4.40. The summed E-state index contributed by atoms with van der Waals surface area (Å²) in [6, 6.07) is 4.63. The summed E-state index contributed by atoms with van der Waals surface area (Å²) in [4.78, 5) is 17.4. The molecule has 4 heteroatoms. The number of hydrogen-bond acceptors (Lipinski definition) is 3. The van der Waals surface area contributed by atoms with E-state index < -0.39 is 0 Å². The van der Waals surface area contributed by atoms with Gasteiger partial charge in [0.15, 0.2) is 0 Å². The van der Waals surface area contributed by atoms with Crippen LogP contribution in [-0.4, -0.2) is 42.4 Å². The zero-order chi connectivity index (χ0) is 13.1. The molecule has 1 aliphatic rings. The number of carbonyl (C=O) groups excluding carboxylic acids is 1. The third kappa shape index (κ3) is 3.56. The van der Waals surface area contributed by atoms with E-state index in [2.05, 4.69) is 30.3 Å². The highest BCUT2D eigenvalue weighted by Crippen LogP contribution is 2.34. The molecule has 0 N–H and O–H groups in total. The van der Waals surface area contributed by atoms with Crippen LogP contribution >= 0.6 is 11.3 Å². The lowest BCUT2D eigenvalue weighted by Crippen LogP contribution is -2.40. The summed E-state index contributed by atoms with van der Waals surface area (Å²) < 4.78 is 0. The Morgan fingerprint density at radius 3 is 2.78 bits per heavy atom. The maximum atomic E-state index is 12.1. The lowest BCUT2D eigenvalue weighted by atomic mass is 10.2. The van der Waals surface area contributed by atoms with Gasteiger partial charge in [-0.2, -0.15) is 0 Å². The fraction of sp³-hybridized carbons (Fsp3) is 0.643. The number of thiophene rings is 1. The van der Waals surface area contributed by atoms with E-state index in [-0.39, 0.29) is 5.91 Å². The normalized spacial score (nSPS) is 16.9. The van der Waals surface area contributed by atoms with Crippen LogP contribution in [0.3, 0.4) is 0 Å². The molecule has 1 saturated carbocycles. The number of hydrogen-bond donors (Lipinski definition) is 0. The Balaban J connectivity index is 1.79. The van der Waals surface area contributed by atoms with Crippen molar-refractivity contribution in [2.45, 2.75) is 32.4 Å². The molecule has 0 spiro atoms. The van der Waals surface area contributed by atoms with E-state index in [0.717, 1.165) is 12.5 Å². The molecule has 3 nitrogen and oxygen atoms in total. The second kappa shape index (κ2) is 5.85. The summed E-state index contributed by atoms with van der Waals surface area (Å²) >= 11 is 1.70. The van der Waals surface area contributed by atoms with Crippen molar-refractivity contribution < 1.29 is 4.79 Å². The fourth-order valence-corrected chi connectivity index (χ4v) is 2.90. The number of amides is 1. The monoisotopic (exact) mass is 266 g/mol. The van der Waals surface area contributed by atoms with E-state index in [1.807, 2.05) is 18.0 Å². The van der Waals surface area contributed by atoms with Crippen LogP contribution in [0.15, 0.2) is 17.5 Å². The molecule has 1 aliphatic carbocycles.